The standard InChI is InChI=1S/C19H23N3OS/c1-14-4-3-5-16(10-14)18(23)21-8-6-19(13-21)7-9-22(19)11-17-12-24-15(2)20-17/h3-5,10,12H,6-9,11,13H2,1-2H3/t19-/m0/s1. The molecular formula is C19H23N3OS. The largest absolute Gasteiger partial charge is 0.337 e. The summed E-state index contributed by atoms with van der Waals surface area (Å²) in [4.78, 5) is 21.9. The second-order valence-corrected chi connectivity index (χ2v) is 8.16. The number of aromatic nitrogens is 1. The molecule has 3 heterocycles. The van der Waals surface area contributed by atoms with Gasteiger partial charge in [0.1, 0.15) is 0 Å². The predicted octanol–water partition coefficient (Wildman–Crippen LogP) is 3.25. The number of nitrogens with zero attached hydrogens (tertiary/aromatic N) is 3. The van der Waals surface area contributed by atoms with Crippen molar-refractivity contribution in [3.8, 4) is 0 Å². The summed E-state index contributed by atoms with van der Waals surface area (Å²) < 4.78 is 0. The van der Waals surface area contributed by atoms with Crippen molar-refractivity contribution < 1.29 is 4.79 Å². The van der Waals surface area contributed by atoms with Crippen molar-refractivity contribution in [1.29, 1.82) is 0 Å². The van der Waals surface area contributed by atoms with Crippen LogP contribution in [0.5, 0.6) is 0 Å². The fourth-order valence-electron chi connectivity index (χ4n) is 3.96. The van der Waals surface area contributed by atoms with E-state index in [-0.39, 0.29) is 11.4 Å². The van der Waals surface area contributed by atoms with Crippen molar-refractivity contribution in [2.24, 2.45) is 0 Å². The minimum Gasteiger partial charge on any atom is -0.337 e. The topological polar surface area (TPSA) is 36.4 Å². The molecule has 4 rings (SSSR count). The first-order valence-electron chi connectivity index (χ1n) is 8.58. The molecular weight excluding hydrogens is 318 g/mol. The highest BCUT2D eigenvalue weighted by Crippen LogP contribution is 2.40. The molecule has 2 aromatic rings. The average Bonchev–Trinajstić information content (AvgIpc) is 3.19. The zero-order valence-electron chi connectivity index (χ0n) is 14.3. The van der Waals surface area contributed by atoms with Crippen LogP contribution in [-0.4, -0.2) is 45.9 Å². The van der Waals surface area contributed by atoms with E-state index in [0.29, 0.717) is 0 Å². The van der Waals surface area contributed by atoms with Gasteiger partial charge in [-0.1, -0.05) is 17.7 Å². The van der Waals surface area contributed by atoms with E-state index in [2.05, 4.69) is 22.2 Å². The molecule has 0 saturated carbocycles. The van der Waals surface area contributed by atoms with Crippen LogP contribution in [0.2, 0.25) is 0 Å². The highest BCUT2D eigenvalue weighted by Gasteiger charge is 2.50. The van der Waals surface area contributed by atoms with Crippen LogP contribution in [0.4, 0.5) is 0 Å². The molecule has 2 saturated heterocycles. The molecule has 24 heavy (non-hydrogen) atoms. The number of likely N-dealkylation sites (tertiary alicyclic amines) is 2. The number of aryl methyl sites for hydroxylation is 2. The highest BCUT2D eigenvalue weighted by atomic mass is 32.1. The SMILES string of the molecule is Cc1cccc(C(=O)N2CC[C@]3(CCN3Cc3csc(C)n3)C2)c1. The summed E-state index contributed by atoms with van der Waals surface area (Å²) in [5, 5.41) is 3.29. The van der Waals surface area contributed by atoms with Gasteiger partial charge in [0, 0.05) is 42.7 Å². The maximum atomic E-state index is 12.8. The van der Waals surface area contributed by atoms with Gasteiger partial charge in [0.2, 0.25) is 0 Å². The van der Waals surface area contributed by atoms with Crippen LogP contribution in [-0.2, 0) is 6.54 Å². The molecule has 1 aromatic heterocycles. The van der Waals surface area contributed by atoms with Gasteiger partial charge in [-0.05, 0) is 38.8 Å². The molecule has 1 aromatic carbocycles. The Kier molecular flexibility index (Phi) is 3.93. The molecule has 1 spiro atoms. The Morgan fingerprint density at radius 3 is 2.79 bits per heavy atom. The average molecular weight is 341 g/mol. The van der Waals surface area contributed by atoms with Gasteiger partial charge >= 0.3 is 0 Å². The van der Waals surface area contributed by atoms with E-state index >= 15 is 0 Å². The zero-order valence-corrected chi connectivity index (χ0v) is 15.1. The third-order valence-electron chi connectivity index (χ3n) is 5.42. The maximum absolute atomic E-state index is 12.8. The summed E-state index contributed by atoms with van der Waals surface area (Å²) in [6.45, 7) is 7.83. The molecule has 1 atom stereocenters. The lowest BCUT2D eigenvalue weighted by Crippen LogP contribution is -2.60. The van der Waals surface area contributed by atoms with E-state index in [1.54, 1.807) is 11.3 Å². The van der Waals surface area contributed by atoms with Crippen LogP contribution in [0.1, 0.15) is 39.5 Å². The van der Waals surface area contributed by atoms with Crippen LogP contribution in [0.15, 0.2) is 29.6 Å². The van der Waals surface area contributed by atoms with Crippen LogP contribution < -0.4 is 0 Å². The Hall–Kier alpha value is -1.72. The van der Waals surface area contributed by atoms with Gasteiger partial charge in [-0.15, -0.1) is 11.3 Å². The van der Waals surface area contributed by atoms with Crippen LogP contribution >= 0.6 is 11.3 Å². The van der Waals surface area contributed by atoms with Gasteiger partial charge in [0.15, 0.2) is 0 Å². The molecule has 2 aliphatic rings. The lowest BCUT2D eigenvalue weighted by Gasteiger charge is -2.50. The summed E-state index contributed by atoms with van der Waals surface area (Å²) in [5.74, 6) is 0.173. The summed E-state index contributed by atoms with van der Waals surface area (Å²) in [7, 11) is 0. The second-order valence-electron chi connectivity index (χ2n) is 7.10. The molecule has 2 fully saturated rings. The van der Waals surface area contributed by atoms with Crippen molar-refractivity contribution in [1.82, 2.24) is 14.8 Å². The van der Waals surface area contributed by atoms with E-state index < -0.39 is 0 Å². The summed E-state index contributed by atoms with van der Waals surface area (Å²) >= 11 is 1.71. The number of carbonyl (C=O) groups excluding carboxylic acids is 1. The molecule has 126 valence electrons. The normalized spacial score (nSPS) is 23.7. The quantitative estimate of drug-likeness (QED) is 0.860. The molecule has 0 aliphatic carbocycles. The smallest absolute Gasteiger partial charge is 0.253 e. The van der Waals surface area contributed by atoms with Gasteiger partial charge < -0.3 is 4.90 Å². The van der Waals surface area contributed by atoms with Crippen LogP contribution in [0.3, 0.4) is 0 Å². The van der Waals surface area contributed by atoms with Gasteiger partial charge in [-0.2, -0.15) is 0 Å². The lowest BCUT2D eigenvalue weighted by molar-refractivity contribution is -0.0139. The number of carbonyl (C=O) groups is 1. The van der Waals surface area contributed by atoms with Crippen LogP contribution in [0.25, 0.3) is 0 Å². The molecule has 0 bridgehead atoms. The first kappa shape index (κ1) is 15.8. The fourth-order valence-corrected chi connectivity index (χ4v) is 4.57. The van der Waals surface area contributed by atoms with E-state index in [1.165, 1.54) is 12.1 Å². The zero-order chi connectivity index (χ0) is 16.7. The first-order chi connectivity index (χ1) is 11.6. The number of benzene rings is 1. The van der Waals surface area contributed by atoms with Gasteiger partial charge in [-0.3, -0.25) is 9.69 Å². The number of thiazole rings is 1. The molecule has 2 aliphatic heterocycles. The summed E-state index contributed by atoms with van der Waals surface area (Å²) in [6.07, 6.45) is 2.27. The first-order valence-corrected chi connectivity index (χ1v) is 9.46. The highest BCUT2D eigenvalue weighted by molar-refractivity contribution is 7.09. The van der Waals surface area contributed by atoms with E-state index in [1.807, 2.05) is 36.1 Å². The van der Waals surface area contributed by atoms with Gasteiger partial charge in [0.05, 0.1) is 10.7 Å². The number of amides is 1. The Morgan fingerprint density at radius 1 is 1.29 bits per heavy atom. The number of rotatable bonds is 3. The fraction of sp³-hybridized carbons (Fsp3) is 0.474. The van der Waals surface area contributed by atoms with E-state index in [9.17, 15) is 4.79 Å². The molecule has 0 radical (unpaired) electrons. The minimum atomic E-state index is 0.173. The predicted molar refractivity (Wildman–Crippen MR) is 96.3 cm³/mol. The Bertz CT molecular complexity index is 771. The Labute approximate surface area is 147 Å². The van der Waals surface area contributed by atoms with Crippen molar-refractivity contribution in [3.05, 3.63) is 51.5 Å². The van der Waals surface area contributed by atoms with Gasteiger partial charge in [-0.25, -0.2) is 4.98 Å². The maximum Gasteiger partial charge on any atom is 0.253 e. The summed E-state index contributed by atoms with van der Waals surface area (Å²) in [6, 6.07) is 7.92. The van der Waals surface area contributed by atoms with Crippen molar-refractivity contribution in [2.75, 3.05) is 19.6 Å². The molecule has 0 N–H and O–H groups in total. The van der Waals surface area contributed by atoms with Crippen molar-refractivity contribution in [2.45, 2.75) is 38.8 Å². The number of hydrogen-bond donors (Lipinski definition) is 0. The third kappa shape index (κ3) is 2.76. The minimum absolute atomic E-state index is 0.173. The lowest BCUT2D eigenvalue weighted by atomic mass is 9.83. The third-order valence-corrected chi connectivity index (χ3v) is 6.24. The van der Waals surface area contributed by atoms with Crippen LogP contribution in [0, 0.1) is 13.8 Å². The second kappa shape index (κ2) is 5.97. The molecule has 1 amide bonds. The van der Waals surface area contributed by atoms with Gasteiger partial charge in [0.25, 0.3) is 5.91 Å². The Balaban J connectivity index is 1.44. The molecule has 5 heteroatoms. The van der Waals surface area contributed by atoms with E-state index in [0.717, 1.165) is 48.7 Å². The van der Waals surface area contributed by atoms with E-state index in [4.69, 9.17) is 0 Å². The molecule has 4 nitrogen and oxygen atoms in total. The number of hydrogen-bond acceptors (Lipinski definition) is 4. The van der Waals surface area contributed by atoms with Crippen molar-refractivity contribution >= 4 is 17.2 Å². The van der Waals surface area contributed by atoms with Crippen molar-refractivity contribution in [3.63, 3.8) is 0 Å². The summed E-state index contributed by atoms with van der Waals surface area (Å²) in [5.41, 5.74) is 3.30. The monoisotopic (exact) mass is 341 g/mol. The molecule has 0 unspecified atom stereocenters. The Morgan fingerprint density at radius 2 is 2.12 bits per heavy atom.